The Kier molecular flexibility index (Phi) is 5.94. The molecule has 1 aromatic heterocycles. The first-order chi connectivity index (χ1) is 10.3. The van der Waals surface area contributed by atoms with Gasteiger partial charge in [0.05, 0.1) is 11.4 Å². The molecule has 0 amide bonds. The Morgan fingerprint density at radius 3 is 2.45 bits per heavy atom. The maximum absolute atomic E-state index is 13.0. The van der Waals surface area contributed by atoms with E-state index in [2.05, 4.69) is 10.00 Å². The summed E-state index contributed by atoms with van der Waals surface area (Å²) in [5.74, 6) is 0.444. The molecule has 1 aliphatic heterocycles. The van der Waals surface area contributed by atoms with Crippen LogP contribution in [0.1, 0.15) is 18.5 Å². The van der Waals surface area contributed by atoms with Crippen LogP contribution >= 0.6 is 12.4 Å². The summed E-state index contributed by atoms with van der Waals surface area (Å²) in [5.41, 5.74) is 7.76. The summed E-state index contributed by atoms with van der Waals surface area (Å²) in [4.78, 5) is 2.43. The van der Waals surface area contributed by atoms with Crippen molar-refractivity contribution in [3.63, 3.8) is 0 Å². The van der Waals surface area contributed by atoms with E-state index in [0.29, 0.717) is 5.92 Å². The number of aromatic nitrogens is 2. The van der Waals surface area contributed by atoms with Crippen LogP contribution in [0.5, 0.6) is 0 Å². The monoisotopic (exact) mass is 324 g/mol. The minimum absolute atomic E-state index is 0. The average Bonchev–Trinajstić information content (AvgIpc) is 2.97. The molecule has 4 nitrogen and oxygen atoms in total. The van der Waals surface area contributed by atoms with E-state index in [4.69, 9.17) is 5.73 Å². The van der Waals surface area contributed by atoms with E-state index in [1.54, 1.807) is 18.3 Å². The van der Waals surface area contributed by atoms with Crippen LogP contribution < -0.4 is 5.73 Å². The predicted octanol–water partition coefficient (Wildman–Crippen LogP) is 2.60. The van der Waals surface area contributed by atoms with Gasteiger partial charge in [-0.1, -0.05) is 0 Å². The van der Waals surface area contributed by atoms with Crippen LogP contribution in [0.4, 0.5) is 4.39 Å². The predicted molar refractivity (Wildman–Crippen MR) is 87.8 cm³/mol. The van der Waals surface area contributed by atoms with Crippen molar-refractivity contribution in [1.29, 1.82) is 0 Å². The minimum atomic E-state index is -0.226. The van der Waals surface area contributed by atoms with Crippen LogP contribution in [0.3, 0.4) is 0 Å². The van der Waals surface area contributed by atoms with Gasteiger partial charge in [0.15, 0.2) is 0 Å². The zero-order valence-electron chi connectivity index (χ0n) is 12.5. The van der Waals surface area contributed by atoms with Crippen molar-refractivity contribution in [2.75, 3.05) is 19.6 Å². The summed E-state index contributed by atoms with van der Waals surface area (Å²) < 4.78 is 14.9. The number of likely N-dealkylation sites (tertiary alicyclic amines) is 1. The second kappa shape index (κ2) is 7.72. The van der Waals surface area contributed by atoms with Gasteiger partial charge in [-0.15, -0.1) is 12.4 Å². The van der Waals surface area contributed by atoms with Crippen molar-refractivity contribution < 1.29 is 4.39 Å². The van der Waals surface area contributed by atoms with Crippen molar-refractivity contribution in [3.8, 4) is 5.69 Å². The number of benzene rings is 1. The molecule has 6 heteroatoms. The maximum atomic E-state index is 13.0. The molecule has 2 aromatic rings. The Hall–Kier alpha value is -1.43. The highest BCUT2D eigenvalue weighted by Crippen LogP contribution is 2.19. The smallest absolute Gasteiger partial charge is 0.123 e. The number of nitrogens with two attached hydrogens (primary N) is 1. The second-order valence-electron chi connectivity index (χ2n) is 5.67. The lowest BCUT2D eigenvalue weighted by atomic mass is 9.97. The molecule has 3 rings (SSSR count). The van der Waals surface area contributed by atoms with Gasteiger partial charge in [-0.2, -0.15) is 5.10 Å². The first-order valence-electron chi connectivity index (χ1n) is 7.47. The Labute approximate surface area is 136 Å². The van der Waals surface area contributed by atoms with E-state index in [1.807, 2.05) is 10.7 Å². The third kappa shape index (κ3) is 3.85. The zero-order chi connectivity index (χ0) is 14.7. The van der Waals surface area contributed by atoms with Gasteiger partial charge in [-0.3, -0.25) is 4.90 Å². The molecule has 0 unspecified atom stereocenters. The van der Waals surface area contributed by atoms with Crippen molar-refractivity contribution in [2.24, 2.45) is 11.7 Å². The topological polar surface area (TPSA) is 47.1 Å². The fourth-order valence-corrected chi connectivity index (χ4v) is 2.87. The zero-order valence-corrected chi connectivity index (χ0v) is 13.3. The molecule has 1 fully saturated rings. The summed E-state index contributed by atoms with van der Waals surface area (Å²) in [7, 11) is 0. The van der Waals surface area contributed by atoms with Crippen LogP contribution in [0.25, 0.3) is 5.69 Å². The Morgan fingerprint density at radius 1 is 1.14 bits per heavy atom. The van der Waals surface area contributed by atoms with Crippen molar-refractivity contribution in [3.05, 3.63) is 48.0 Å². The van der Waals surface area contributed by atoms with Gasteiger partial charge in [0, 0.05) is 12.7 Å². The van der Waals surface area contributed by atoms with E-state index in [9.17, 15) is 4.39 Å². The molecule has 1 aliphatic rings. The first-order valence-corrected chi connectivity index (χ1v) is 7.47. The molecule has 0 atom stereocenters. The summed E-state index contributed by atoms with van der Waals surface area (Å²) in [5, 5.41) is 4.36. The third-order valence-corrected chi connectivity index (χ3v) is 4.22. The summed E-state index contributed by atoms with van der Waals surface area (Å²) in [6.07, 6.45) is 4.13. The number of piperidine rings is 1. The SMILES string of the molecule is Cl.NCC1CCN(Cc2ccnn2-c2ccc(F)cc2)CC1. The van der Waals surface area contributed by atoms with Crippen molar-refractivity contribution >= 4 is 12.4 Å². The van der Waals surface area contributed by atoms with E-state index in [-0.39, 0.29) is 18.2 Å². The van der Waals surface area contributed by atoms with Crippen LogP contribution in [0, 0.1) is 11.7 Å². The highest BCUT2D eigenvalue weighted by molar-refractivity contribution is 5.85. The number of rotatable bonds is 4. The van der Waals surface area contributed by atoms with E-state index in [1.165, 1.54) is 25.0 Å². The molecule has 22 heavy (non-hydrogen) atoms. The molecule has 0 aliphatic carbocycles. The number of nitrogens with zero attached hydrogens (tertiary/aromatic N) is 3. The normalized spacial score (nSPS) is 16.5. The Balaban J connectivity index is 0.00000176. The average molecular weight is 325 g/mol. The van der Waals surface area contributed by atoms with Crippen molar-refractivity contribution in [1.82, 2.24) is 14.7 Å². The highest BCUT2D eigenvalue weighted by Gasteiger charge is 2.19. The minimum Gasteiger partial charge on any atom is -0.330 e. The second-order valence-corrected chi connectivity index (χ2v) is 5.67. The molecule has 0 saturated carbocycles. The summed E-state index contributed by atoms with van der Waals surface area (Å²) in [6.45, 7) is 3.82. The molecule has 2 heterocycles. The molecular weight excluding hydrogens is 303 g/mol. The van der Waals surface area contributed by atoms with E-state index in [0.717, 1.165) is 37.6 Å². The number of hydrogen-bond donors (Lipinski definition) is 1. The van der Waals surface area contributed by atoms with Gasteiger partial charge in [0.1, 0.15) is 5.82 Å². The Bertz CT molecular complexity index is 576. The lowest BCUT2D eigenvalue weighted by Gasteiger charge is -2.31. The molecule has 2 N–H and O–H groups in total. The molecule has 1 aromatic carbocycles. The van der Waals surface area contributed by atoms with E-state index < -0.39 is 0 Å². The largest absolute Gasteiger partial charge is 0.330 e. The van der Waals surface area contributed by atoms with Crippen LogP contribution in [0.15, 0.2) is 36.5 Å². The number of hydrogen-bond acceptors (Lipinski definition) is 3. The molecule has 1 saturated heterocycles. The molecular formula is C16H22ClFN4. The molecule has 0 radical (unpaired) electrons. The third-order valence-electron chi connectivity index (χ3n) is 4.22. The van der Waals surface area contributed by atoms with E-state index >= 15 is 0 Å². The van der Waals surface area contributed by atoms with Crippen LogP contribution in [-0.4, -0.2) is 34.3 Å². The first kappa shape index (κ1) is 16.9. The lowest BCUT2D eigenvalue weighted by molar-refractivity contribution is 0.177. The summed E-state index contributed by atoms with van der Waals surface area (Å²) >= 11 is 0. The van der Waals surface area contributed by atoms with Crippen LogP contribution in [0.2, 0.25) is 0 Å². The standard InChI is InChI=1S/C16H21FN4.ClH/c17-14-1-3-15(4-2-14)21-16(5-8-19-21)12-20-9-6-13(11-18)7-10-20;/h1-5,8,13H,6-7,9-12,18H2;1H. The van der Waals surface area contributed by atoms with Gasteiger partial charge in [0.2, 0.25) is 0 Å². The lowest BCUT2D eigenvalue weighted by Crippen LogP contribution is -2.36. The molecule has 0 bridgehead atoms. The number of halogens is 2. The van der Waals surface area contributed by atoms with Crippen molar-refractivity contribution in [2.45, 2.75) is 19.4 Å². The van der Waals surface area contributed by atoms with Gasteiger partial charge in [-0.05, 0) is 68.7 Å². The molecule has 0 spiro atoms. The van der Waals surface area contributed by atoms with Gasteiger partial charge < -0.3 is 5.73 Å². The molecule has 120 valence electrons. The summed E-state index contributed by atoms with van der Waals surface area (Å²) in [6, 6.07) is 8.47. The fourth-order valence-electron chi connectivity index (χ4n) is 2.87. The van der Waals surface area contributed by atoms with Gasteiger partial charge in [-0.25, -0.2) is 9.07 Å². The van der Waals surface area contributed by atoms with Crippen LogP contribution in [-0.2, 0) is 6.54 Å². The van der Waals surface area contributed by atoms with Gasteiger partial charge in [0.25, 0.3) is 0 Å². The van der Waals surface area contributed by atoms with Gasteiger partial charge >= 0.3 is 0 Å². The highest BCUT2D eigenvalue weighted by atomic mass is 35.5. The maximum Gasteiger partial charge on any atom is 0.123 e. The quantitative estimate of drug-likeness (QED) is 0.940. The Morgan fingerprint density at radius 2 is 1.82 bits per heavy atom. The fraction of sp³-hybridized carbons (Fsp3) is 0.438.